The lowest BCUT2D eigenvalue weighted by atomic mass is 9.73. The van der Waals surface area contributed by atoms with Gasteiger partial charge in [-0.25, -0.2) is 4.98 Å². The lowest BCUT2D eigenvalue weighted by Gasteiger charge is -2.30. The number of likely N-dealkylation sites (tertiary alicyclic amines) is 1. The van der Waals surface area contributed by atoms with E-state index in [1.807, 2.05) is 28.5 Å². The molecule has 0 saturated carbocycles. The van der Waals surface area contributed by atoms with Crippen LogP contribution in [0.2, 0.25) is 0 Å². The van der Waals surface area contributed by atoms with Crippen LogP contribution in [-0.4, -0.2) is 77.7 Å². The summed E-state index contributed by atoms with van der Waals surface area (Å²) in [6, 6.07) is 10.2. The van der Waals surface area contributed by atoms with Crippen molar-refractivity contribution in [3.63, 3.8) is 0 Å². The molecule has 2 aromatic rings. The monoisotopic (exact) mass is 443 g/mol. The lowest BCUT2D eigenvalue weighted by Crippen LogP contribution is -2.40. The summed E-state index contributed by atoms with van der Waals surface area (Å²) in [6.07, 6.45) is 3.01. The van der Waals surface area contributed by atoms with E-state index in [2.05, 4.69) is 31.1 Å². The highest BCUT2D eigenvalue weighted by molar-refractivity contribution is 7.13. The Balaban J connectivity index is 0.000000730. The third kappa shape index (κ3) is 4.37. The van der Waals surface area contributed by atoms with Crippen LogP contribution < -0.4 is 0 Å². The molecule has 0 radical (unpaired) electrons. The third-order valence-electron chi connectivity index (χ3n) is 6.62. The average Bonchev–Trinajstić information content (AvgIpc) is 3.50. The van der Waals surface area contributed by atoms with Crippen LogP contribution in [0.1, 0.15) is 18.5 Å². The van der Waals surface area contributed by atoms with Gasteiger partial charge >= 0.3 is 0 Å². The molecule has 1 aromatic carbocycles. The number of hydrogen-bond acceptors (Lipinski definition) is 6. The van der Waals surface area contributed by atoms with Crippen LogP contribution in [0.3, 0.4) is 0 Å². The predicted molar refractivity (Wildman–Crippen MR) is 119 cm³/mol. The molecular weight excluding hydrogens is 414 g/mol. The van der Waals surface area contributed by atoms with Gasteiger partial charge in [-0.2, -0.15) is 0 Å². The minimum atomic E-state index is -0.250. The van der Waals surface area contributed by atoms with Gasteiger partial charge in [-0.1, -0.05) is 30.3 Å². The van der Waals surface area contributed by atoms with Gasteiger partial charge in [0, 0.05) is 35.9 Å². The van der Waals surface area contributed by atoms with E-state index in [9.17, 15) is 4.79 Å². The number of hydrogen-bond donors (Lipinski definition) is 1. The summed E-state index contributed by atoms with van der Waals surface area (Å²) in [5, 5.41) is 9.89. The highest BCUT2D eigenvalue weighted by Gasteiger charge is 2.63. The van der Waals surface area contributed by atoms with Gasteiger partial charge in [0.1, 0.15) is 5.01 Å². The Kier molecular flexibility index (Phi) is 6.41. The van der Waals surface area contributed by atoms with E-state index >= 15 is 0 Å². The SMILES string of the molecule is CN(C)C[C@H]1[C@H]2CN(C(=O)Cc3csc(-c4ccccc4)n3)C[C@]23CC[C@H]1O3.O=CO. The molecule has 1 N–H and O–H groups in total. The van der Waals surface area contributed by atoms with Crippen molar-refractivity contribution in [1.82, 2.24) is 14.8 Å². The molecule has 3 aliphatic heterocycles. The second-order valence-electron chi connectivity index (χ2n) is 8.86. The van der Waals surface area contributed by atoms with Gasteiger partial charge in [-0.05, 0) is 26.9 Å². The Morgan fingerprint density at radius 1 is 1.39 bits per heavy atom. The maximum atomic E-state index is 13.0. The van der Waals surface area contributed by atoms with Crippen molar-refractivity contribution in [2.24, 2.45) is 11.8 Å². The molecule has 7 nitrogen and oxygen atoms in total. The number of ether oxygens (including phenoxy) is 1. The van der Waals surface area contributed by atoms with Crippen LogP contribution in [0.25, 0.3) is 10.6 Å². The maximum absolute atomic E-state index is 13.0. The number of benzene rings is 1. The molecule has 5 rings (SSSR count). The minimum absolute atomic E-state index is 0.0850. The number of carbonyl (C=O) groups is 2. The summed E-state index contributed by atoms with van der Waals surface area (Å²) >= 11 is 1.61. The molecule has 2 bridgehead atoms. The summed E-state index contributed by atoms with van der Waals surface area (Å²) in [7, 11) is 4.26. The Hall–Kier alpha value is -2.29. The molecule has 3 fully saturated rings. The predicted octanol–water partition coefficient (Wildman–Crippen LogP) is 2.62. The Labute approximate surface area is 186 Å². The van der Waals surface area contributed by atoms with E-state index in [1.54, 1.807) is 11.3 Å². The number of thiazole rings is 1. The molecule has 0 aliphatic carbocycles. The lowest BCUT2D eigenvalue weighted by molar-refractivity contribution is -0.131. The summed E-state index contributed by atoms with van der Waals surface area (Å²) < 4.78 is 6.46. The van der Waals surface area contributed by atoms with Gasteiger partial charge < -0.3 is 19.6 Å². The van der Waals surface area contributed by atoms with Gasteiger partial charge in [-0.3, -0.25) is 9.59 Å². The van der Waals surface area contributed by atoms with Crippen molar-refractivity contribution < 1.29 is 19.4 Å². The highest BCUT2D eigenvalue weighted by Crippen LogP contribution is 2.54. The van der Waals surface area contributed by atoms with Gasteiger partial charge in [-0.15, -0.1) is 11.3 Å². The fourth-order valence-corrected chi connectivity index (χ4v) is 6.24. The first-order valence-corrected chi connectivity index (χ1v) is 11.5. The molecule has 3 saturated heterocycles. The topological polar surface area (TPSA) is 83.0 Å². The number of amides is 1. The number of fused-ring (bicyclic) bond motifs is 1. The van der Waals surface area contributed by atoms with Gasteiger partial charge in [0.15, 0.2) is 0 Å². The van der Waals surface area contributed by atoms with E-state index in [1.165, 1.54) is 0 Å². The van der Waals surface area contributed by atoms with Crippen molar-refractivity contribution in [3.05, 3.63) is 41.4 Å². The molecule has 8 heteroatoms. The number of nitrogens with zero attached hydrogens (tertiary/aromatic N) is 3. The molecule has 1 amide bonds. The third-order valence-corrected chi connectivity index (χ3v) is 7.56. The van der Waals surface area contributed by atoms with Crippen LogP contribution in [0.4, 0.5) is 0 Å². The van der Waals surface area contributed by atoms with Crippen LogP contribution in [0, 0.1) is 11.8 Å². The molecular formula is C23H29N3O4S. The molecule has 166 valence electrons. The van der Waals surface area contributed by atoms with Gasteiger partial charge in [0.2, 0.25) is 5.91 Å². The number of carbonyl (C=O) groups excluding carboxylic acids is 1. The standard InChI is InChI=1S/C22H27N3O2S.CH2O2/c1-24(2)11-17-18-12-25(14-22(18)9-8-19(17)27-22)20(26)10-16-13-28-21(23-16)15-6-4-3-5-7-15;2-1-3/h3-7,13,17-19H,8-12,14H2,1-2H3;1H,(H,2,3)/t17-,18+,19+,22+;/m0./s1. The van der Waals surface area contributed by atoms with E-state index in [0.717, 1.165) is 48.7 Å². The fraction of sp³-hybridized carbons (Fsp3) is 0.522. The minimum Gasteiger partial charge on any atom is -0.483 e. The molecule has 4 heterocycles. The zero-order valence-electron chi connectivity index (χ0n) is 17.9. The molecule has 31 heavy (non-hydrogen) atoms. The second-order valence-corrected chi connectivity index (χ2v) is 9.72. The second kappa shape index (κ2) is 9.06. The maximum Gasteiger partial charge on any atom is 0.290 e. The van der Waals surface area contributed by atoms with Gasteiger partial charge in [0.25, 0.3) is 6.47 Å². The van der Waals surface area contributed by atoms with Gasteiger partial charge in [0.05, 0.1) is 30.4 Å². The molecule has 1 spiro atoms. The van der Waals surface area contributed by atoms with E-state index in [4.69, 9.17) is 19.6 Å². The number of rotatable bonds is 5. The van der Waals surface area contributed by atoms with Crippen molar-refractivity contribution in [1.29, 1.82) is 0 Å². The number of carboxylic acid groups (broad SMARTS) is 1. The van der Waals surface area contributed by atoms with Crippen LogP contribution in [-0.2, 0) is 20.7 Å². The summed E-state index contributed by atoms with van der Waals surface area (Å²) in [5.41, 5.74) is 1.90. The smallest absolute Gasteiger partial charge is 0.290 e. The first kappa shape index (κ1) is 21.9. The van der Waals surface area contributed by atoms with E-state index in [0.29, 0.717) is 24.4 Å². The summed E-state index contributed by atoms with van der Waals surface area (Å²) in [6.45, 7) is 2.39. The summed E-state index contributed by atoms with van der Waals surface area (Å²) in [5.74, 6) is 1.21. The molecule has 4 atom stereocenters. The van der Waals surface area contributed by atoms with Crippen molar-refractivity contribution in [2.45, 2.75) is 31.0 Å². The van der Waals surface area contributed by atoms with Crippen molar-refractivity contribution >= 4 is 23.7 Å². The Morgan fingerprint density at radius 2 is 2.13 bits per heavy atom. The summed E-state index contributed by atoms with van der Waals surface area (Å²) in [4.78, 5) is 30.4. The largest absolute Gasteiger partial charge is 0.483 e. The van der Waals surface area contributed by atoms with E-state index < -0.39 is 0 Å². The highest BCUT2D eigenvalue weighted by atomic mass is 32.1. The fourth-order valence-electron chi connectivity index (χ4n) is 5.41. The van der Waals surface area contributed by atoms with Crippen molar-refractivity contribution in [2.75, 3.05) is 33.7 Å². The quantitative estimate of drug-likeness (QED) is 0.716. The first-order chi connectivity index (χ1) is 15.0. The molecule has 0 unspecified atom stereocenters. The number of aromatic nitrogens is 1. The zero-order chi connectivity index (χ0) is 22.0. The van der Waals surface area contributed by atoms with Crippen LogP contribution >= 0.6 is 11.3 Å². The Bertz CT molecular complexity index is 919. The zero-order valence-corrected chi connectivity index (χ0v) is 18.8. The molecule has 1 aromatic heterocycles. The van der Waals surface area contributed by atoms with Crippen LogP contribution in [0.5, 0.6) is 0 Å². The van der Waals surface area contributed by atoms with Crippen LogP contribution in [0.15, 0.2) is 35.7 Å². The van der Waals surface area contributed by atoms with Crippen molar-refractivity contribution in [3.8, 4) is 10.6 Å². The van der Waals surface area contributed by atoms with E-state index in [-0.39, 0.29) is 18.0 Å². The molecule has 3 aliphatic rings. The average molecular weight is 444 g/mol. The first-order valence-electron chi connectivity index (χ1n) is 10.6. The Morgan fingerprint density at radius 3 is 2.84 bits per heavy atom. The normalized spacial score (nSPS) is 28.4.